The van der Waals surface area contributed by atoms with Gasteiger partial charge in [0.2, 0.25) is 0 Å². The highest BCUT2D eigenvalue weighted by molar-refractivity contribution is 7.20. The van der Waals surface area contributed by atoms with Gasteiger partial charge in [-0.05, 0) is 54.5 Å². The standard InChI is InChI=1S/C25H30N4O4S/c1-3-29(4-2)11-12-33-20-10-6-8-18(14-20)22-15-21(24(34-22)28-25(26)32)23(31)27-19-9-5-7-17(13-19)16-30/h5-10,13-15,30H,3-4,11-12,16H2,1-2H3,(H,27,31)(H3,26,28,32). The van der Waals surface area contributed by atoms with Crippen molar-refractivity contribution >= 4 is 34.0 Å². The summed E-state index contributed by atoms with van der Waals surface area (Å²) in [5, 5.41) is 15.0. The molecule has 0 aliphatic heterocycles. The summed E-state index contributed by atoms with van der Waals surface area (Å²) in [4.78, 5) is 27.6. The largest absolute Gasteiger partial charge is 0.492 e. The number of aliphatic hydroxyl groups is 1. The average Bonchev–Trinajstić information content (AvgIpc) is 3.25. The highest BCUT2D eigenvalue weighted by Gasteiger charge is 2.19. The minimum Gasteiger partial charge on any atom is -0.492 e. The van der Waals surface area contributed by atoms with Crippen LogP contribution in [0.4, 0.5) is 15.5 Å². The topological polar surface area (TPSA) is 117 Å². The molecule has 5 N–H and O–H groups in total. The number of amides is 3. The third kappa shape index (κ3) is 6.80. The van der Waals surface area contributed by atoms with E-state index < -0.39 is 11.9 Å². The molecule has 3 amide bonds. The van der Waals surface area contributed by atoms with Gasteiger partial charge in [-0.2, -0.15) is 0 Å². The molecule has 0 bridgehead atoms. The summed E-state index contributed by atoms with van der Waals surface area (Å²) in [6.45, 7) is 7.47. The van der Waals surface area contributed by atoms with Gasteiger partial charge in [-0.1, -0.05) is 38.1 Å². The molecule has 2 aromatic carbocycles. The molecular weight excluding hydrogens is 452 g/mol. The fourth-order valence-electron chi connectivity index (χ4n) is 3.42. The van der Waals surface area contributed by atoms with E-state index in [4.69, 9.17) is 10.5 Å². The first-order valence-electron chi connectivity index (χ1n) is 11.1. The number of anilines is 2. The van der Waals surface area contributed by atoms with Gasteiger partial charge in [0.05, 0.1) is 12.2 Å². The summed E-state index contributed by atoms with van der Waals surface area (Å²) in [5.74, 6) is 0.335. The number of thiophene rings is 1. The van der Waals surface area contributed by atoms with Gasteiger partial charge >= 0.3 is 6.03 Å². The molecule has 1 heterocycles. The third-order valence-electron chi connectivity index (χ3n) is 5.27. The molecule has 8 nitrogen and oxygen atoms in total. The first kappa shape index (κ1) is 25.2. The van der Waals surface area contributed by atoms with Crippen molar-refractivity contribution in [1.82, 2.24) is 4.90 Å². The summed E-state index contributed by atoms with van der Waals surface area (Å²) in [5.41, 5.74) is 7.70. The fourth-order valence-corrected chi connectivity index (χ4v) is 4.48. The Labute approximate surface area is 203 Å². The molecule has 1 aromatic heterocycles. The number of likely N-dealkylation sites (N-methyl/N-ethyl adjacent to an activating group) is 1. The maximum Gasteiger partial charge on any atom is 0.317 e. The number of benzene rings is 2. The van der Waals surface area contributed by atoms with Crippen LogP contribution >= 0.6 is 11.3 Å². The highest BCUT2D eigenvalue weighted by atomic mass is 32.1. The number of primary amides is 1. The van der Waals surface area contributed by atoms with Crippen LogP contribution in [0.15, 0.2) is 54.6 Å². The van der Waals surface area contributed by atoms with E-state index in [2.05, 4.69) is 29.4 Å². The van der Waals surface area contributed by atoms with Crippen molar-refractivity contribution in [3.63, 3.8) is 0 Å². The molecule has 0 spiro atoms. The Hall–Kier alpha value is -3.40. The van der Waals surface area contributed by atoms with Crippen LogP contribution in [0.1, 0.15) is 29.8 Å². The zero-order chi connectivity index (χ0) is 24.5. The second kappa shape index (κ2) is 12.2. The zero-order valence-electron chi connectivity index (χ0n) is 19.3. The second-order valence-corrected chi connectivity index (χ2v) is 8.61. The Morgan fingerprint density at radius 1 is 1.06 bits per heavy atom. The molecule has 0 aliphatic carbocycles. The molecule has 0 aliphatic rings. The van der Waals surface area contributed by atoms with E-state index in [1.807, 2.05) is 24.3 Å². The second-order valence-electron chi connectivity index (χ2n) is 7.56. The minimum atomic E-state index is -0.752. The lowest BCUT2D eigenvalue weighted by molar-refractivity contribution is 0.102. The van der Waals surface area contributed by atoms with E-state index in [1.54, 1.807) is 30.3 Å². The molecular formula is C25H30N4O4S. The van der Waals surface area contributed by atoms with E-state index in [1.165, 1.54) is 11.3 Å². The van der Waals surface area contributed by atoms with E-state index >= 15 is 0 Å². The number of urea groups is 1. The van der Waals surface area contributed by atoms with Crippen LogP contribution < -0.4 is 21.1 Å². The van der Waals surface area contributed by atoms with Gasteiger partial charge in [0.25, 0.3) is 5.91 Å². The van der Waals surface area contributed by atoms with Crippen LogP contribution in [-0.2, 0) is 6.61 Å². The molecule has 3 aromatic rings. The molecule has 0 saturated heterocycles. The van der Waals surface area contributed by atoms with Crippen LogP contribution in [-0.4, -0.2) is 48.2 Å². The van der Waals surface area contributed by atoms with Crippen molar-refractivity contribution in [2.75, 3.05) is 36.9 Å². The molecule has 0 saturated carbocycles. The number of nitrogens with two attached hydrogens (primary N) is 1. The average molecular weight is 483 g/mol. The van der Waals surface area contributed by atoms with Gasteiger partial charge in [-0.3, -0.25) is 10.1 Å². The van der Waals surface area contributed by atoms with Crippen molar-refractivity contribution in [2.45, 2.75) is 20.5 Å². The Morgan fingerprint density at radius 3 is 2.53 bits per heavy atom. The third-order valence-corrected chi connectivity index (χ3v) is 6.37. The predicted molar refractivity (Wildman–Crippen MR) is 137 cm³/mol. The summed E-state index contributed by atoms with van der Waals surface area (Å²) in [6.07, 6.45) is 0. The lowest BCUT2D eigenvalue weighted by atomic mass is 10.1. The van der Waals surface area contributed by atoms with E-state index in [0.29, 0.717) is 28.4 Å². The number of carbonyl (C=O) groups excluding carboxylic acids is 2. The fraction of sp³-hybridized carbons (Fsp3) is 0.280. The molecule has 3 rings (SSSR count). The normalized spacial score (nSPS) is 10.8. The van der Waals surface area contributed by atoms with Crippen molar-refractivity contribution in [3.05, 3.63) is 65.7 Å². The number of ether oxygens (including phenoxy) is 1. The lowest BCUT2D eigenvalue weighted by Gasteiger charge is -2.18. The van der Waals surface area contributed by atoms with Crippen LogP contribution in [0.3, 0.4) is 0 Å². The Balaban J connectivity index is 1.81. The van der Waals surface area contributed by atoms with Crippen molar-refractivity contribution in [1.29, 1.82) is 0 Å². The van der Waals surface area contributed by atoms with Gasteiger partial charge in [0.1, 0.15) is 17.4 Å². The number of hydrogen-bond acceptors (Lipinski definition) is 6. The summed E-state index contributed by atoms with van der Waals surface area (Å²) < 4.78 is 5.93. The predicted octanol–water partition coefficient (Wildman–Crippen LogP) is 4.37. The highest BCUT2D eigenvalue weighted by Crippen LogP contribution is 2.37. The van der Waals surface area contributed by atoms with Gasteiger partial charge < -0.3 is 25.8 Å². The first-order valence-corrected chi connectivity index (χ1v) is 11.9. The monoisotopic (exact) mass is 482 g/mol. The minimum absolute atomic E-state index is 0.131. The molecule has 0 fully saturated rings. The number of nitrogens with one attached hydrogen (secondary N) is 2. The number of nitrogens with zero attached hydrogens (tertiary/aromatic N) is 1. The summed E-state index contributed by atoms with van der Waals surface area (Å²) in [6, 6.07) is 15.5. The molecule has 0 unspecified atom stereocenters. The van der Waals surface area contributed by atoms with E-state index in [0.717, 1.165) is 35.8 Å². The van der Waals surface area contributed by atoms with Crippen molar-refractivity contribution < 1.29 is 19.4 Å². The van der Waals surface area contributed by atoms with Crippen LogP contribution in [0, 0.1) is 0 Å². The summed E-state index contributed by atoms with van der Waals surface area (Å²) in [7, 11) is 0. The number of aliphatic hydroxyl groups excluding tert-OH is 1. The SMILES string of the molecule is CCN(CC)CCOc1cccc(-c2cc(C(=O)Nc3cccc(CO)c3)c(NC(N)=O)s2)c1. The lowest BCUT2D eigenvalue weighted by Crippen LogP contribution is -2.27. The molecule has 180 valence electrons. The number of rotatable bonds is 11. The van der Waals surface area contributed by atoms with Crippen LogP contribution in [0.25, 0.3) is 10.4 Å². The molecule has 34 heavy (non-hydrogen) atoms. The van der Waals surface area contributed by atoms with Crippen LogP contribution in [0.5, 0.6) is 5.75 Å². The molecule has 0 atom stereocenters. The Kier molecular flexibility index (Phi) is 9.03. The first-order chi connectivity index (χ1) is 16.4. The zero-order valence-corrected chi connectivity index (χ0v) is 20.2. The Bertz CT molecular complexity index is 1130. The number of hydrogen-bond donors (Lipinski definition) is 4. The van der Waals surface area contributed by atoms with Crippen molar-refractivity contribution in [3.8, 4) is 16.2 Å². The van der Waals surface area contributed by atoms with Gasteiger partial charge in [-0.15, -0.1) is 11.3 Å². The molecule has 0 radical (unpaired) electrons. The van der Waals surface area contributed by atoms with Gasteiger partial charge in [0.15, 0.2) is 0 Å². The molecule has 9 heteroatoms. The van der Waals surface area contributed by atoms with E-state index in [-0.39, 0.29) is 6.61 Å². The van der Waals surface area contributed by atoms with Gasteiger partial charge in [0, 0.05) is 17.1 Å². The maximum absolute atomic E-state index is 13.0. The summed E-state index contributed by atoms with van der Waals surface area (Å²) >= 11 is 1.26. The van der Waals surface area contributed by atoms with Gasteiger partial charge in [-0.25, -0.2) is 4.79 Å². The smallest absolute Gasteiger partial charge is 0.317 e. The van der Waals surface area contributed by atoms with E-state index in [9.17, 15) is 14.7 Å². The van der Waals surface area contributed by atoms with Crippen molar-refractivity contribution in [2.24, 2.45) is 5.73 Å². The Morgan fingerprint density at radius 2 is 1.82 bits per heavy atom. The quantitative estimate of drug-likeness (QED) is 0.324. The number of carbonyl (C=O) groups is 2. The van der Waals surface area contributed by atoms with Crippen LogP contribution in [0.2, 0.25) is 0 Å². The maximum atomic E-state index is 13.0.